The third-order valence-corrected chi connectivity index (χ3v) is 5.30. The van der Waals surface area contributed by atoms with Gasteiger partial charge in [0.2, 0.25) is 0 Å². The fourth-order valence-electron chi connectivity index (χ4n) is 2.71. The first-order chi connectivity index (χ1) is 12.9. The average Bonchev–Trinajstić information content (AvgIpc) is 2.97. The standard InChI is InChI=1S/C20H15ClFNO3S/c1-11-16(12-7-9-13(22)10-8-12)17(20(25)26-2)19(27-11)23-18(24)14-5-3-4-6-15(14)21/h3-10H,1-2H3,(H,23,24). The van der Waals surface area contributed by atoms with E-state index in [0.717, 1.165) is 4.88 Å². The number of hydrogen-bond acceptors (Lipinski definition) is 4. The van der Waals surface area contributed by atoms with Gasteiger partial charge in [0, 0.05) is 10.4 Å². The average molecular weight is 404 g/mol. The van der Waals surface area contributed by atoms with Gasteiger partial charge in [-0.15, -0.1) is 11.3 Å². The Balaban J connectivity index is 2.07. The van der Waals surface area contributed by atoms with Gasteiger partial charge in [-0.25, -0.2) is 9.18 Å². The molecule has 7 heteroatoms. The van der Waals surface area contributed by atoms with Crippen molar-refractivity contribution in [2.24, 2.45) is 0 Å². The second-order valence-corrected chi connectivity index (χ2v) is 7.30. The molecule has 138 valence electrons. The third kappa shape index (κ3) is 3.86. The van der Waals surface area contributed by atoms with Crippen LogP contribution in [-0.2, 0) is 4.74 Å². The van der Waals surface area contributed by atoms with Crippen LogP contribution >= 0.6 is 22.9 Å². The molecule has 0 fully saturated rings. The van der Waals surface area contributed by atoms with Gasteiger partial charge in [-0.2, -0.15) is 0 Å². The van der Waals surface area contributed by atoms with E-state index in [2.05, 4.69) is 5.32 Å². The first kappa shape index (κ1) is 19.1. The number of methoxy groups -OCH3 is 1. The first-order valence-electron chi connectivity index (χ1n) is 7.96. The minimum atomic E-state index is -0.590. The quantitative estimate of drug-likeness (QED) is 0.580. The topological polar surface area (TPSA) is 55.4 Å². The van der Waals surface area contributed by atoms with E-state index in [0.29, 0.717) is 26.7 Å². The first-order valence-corrected chi connectivity index (χ1v) is 9.15. The van der Waals surface area contributed by atoms with Gasteiger partial charge in [0.1, 0.15) is 16.4 Å². The summed E-state index contributed by atoms with van der Waals surface area (Å²) in [5, 5.41) is 3.40. The summed E-state index contributed by atoms with van der Waals surface area (Å²) in [4.78, 5) is 25.8. The largest absolute Gasteiger partial charge is 0.465 e. The molecule has 0 aliphatic rings. The molecule has 0 radical (unpaired) electrons. The van der Waals surface area contributed by atoms with E-state index in [1.165, 1.54) is 30.6 Å². The lowest BCUT2D eigenvalue weighted by Gasteiger charge is -2.09. The van der Waals surface area contributed by atoms with Gasteiger partial charge in [-0.05, 0) is 36.8 Å². The lowest BCUT2D eigenvalue weighted by Crippen LogP contribution is -2.14. The molecule has 2 aromatic carbocycles. The molecule has 1 aromatic heterocycles. The van der Waals surface area contributed by atoms with Gasteiger partial charge < -0.3 is 10.1 Å². The van der Waals surface area contributed by atoms with Gasteiger partial charge >= 0.3 is 5.97 Å². The fourth-order valence-corrected chi connectivity index (χ4v) is 3.99. The molecule has 1 amide bonds. The van der Waals surface area contributed by atoms with Gasteiger partial charge in [0.15, 0.2) is 0 Å². The van der Waals surface area contributed by atoms with E-state index in [-0.39, 0.29) is 11.4 Å². The maximum absolute atomic E-state index is 13.3. The Bertz CT molecular complexity index is 1010. The SMILES string of the molecule is COC(=O)c1c(NC(=O)c2ccccc2Cl)sc(C)c1-c1ccc(F)cc1. The molecule has 3 rings (SSSR count). The number of rotatable bonds is 4. The highest BCUT2D eigenvalue weighted by Crippen LogP contribution is 2.40. The number of esters is 1. The lowest BCUT2D eigenvalue weighted by atomic mass is 10.0. The summed E-state index contributed by atoms with van der Waals surface area (Å²) in [5.41, 5.74) is 1.78. The van der Waals surface area contributed by atoms with E-state index in [1.807, 2.05) is 6.92 Å². The van der Waals surface area contributed by atoms with Crippen molar-refractivity contribution in [3.05, 3.63) is 75.4 Å². The molecular formula is C20H15ClFNO3S. The molecule has 4 nitrogen and oxygen atoms in total. The van der Waals surface area contributed by atoms with Crippen LogP contribution in [0.2, 0.25) is 5.02 Å². The van der Waals surface area contributed by atoms with Crippen molar-refractivity contribution in [3.63, 3.8) is 0 Å². The lowest BCUT2D eigenvalue weighted by molar-refractivity contribution is 0.0603. The number of hydrogen-bond donors (Lipinski definition) is 1. The monoisotopic (exact) mass is 403 g/mol. The molecule has 0 aliphatic heterocycles. The number of amides is 1. The van der Waals surface area contributed by atoms with Crippen molar-refractivity contribution < 1.29 is 18.7 Å². The second-order valence-electron chi connectivity index (χ2n) is 5.67. The van der Waals surface area contributed by atoms with Gasteiger partial charge in [0.25, 0.3) is 5.91 Å². The van der Waals surface area contributed by atoms with Crippen LogP contribution in [0.4, 0.5) is 9.39 Å². The minimum absolute atomic E-state index is 0.229. The zero-order chi connectivity index (χ0) is 19.6. The van der Waals surface area contributed by atoms with Gasteiger partial charge in [0.05, 0.1) is 17.7 Å². The van der Waals surface area contributed by atoms with Crippen molar-refractivity contribution in [3.8, 4) is 11.1 Å². The highest BCUT2D eigenvalue weighted by atomic mass is 35.5. The van der Waals surface area contributed by atoms with Crippen LogP contribution in [0.25, 0.3) is 11.1 Å². The Hall–Kier alpha value is -2.70. The maximum atomic E-state index is 13.3. The summed E-state index contributed by atoms with van der Waals surface area (Å²) in [6.07, 6.45) is 0. The van der Waals surface area contributed by atoms with E-state index in [1.54, 1.807) is 36.4 Å². The summed E-state index contributed by atoms with van der Waals surface area (Å²) < 4.78 is 18.2. The highest BCUT2D eigenvalue weighted by Gasteiger charge is 2.25. The van der Waals surface area contributed by atoms with Crippen LogP contribution in [0.3, 0.4) is 0 Å². The Morgan fingerprint density at radius 3 is 2.41 bits per heavy atom. The summed E-state index contributed by atoms with van der Waals surface area (Å²) in [5.74, 6) is -1.40. The molecule has 3 aromatic rings. The molecule has 27 heavy (non-hydrogen) atoms. The van der Waals surface area contributed by atoms with E-state index in [9.17, 15) is 14.0 Å². The number of nitrogens with one attached hydrogen (secondary N) is 1. The number of carbonyl (C=O) groups is 2. The maximum Gasteiger partial charge on any atom is 0.341 e. The molecule has 0 unspecified atom stereocenters. The summed E-state index contributed by atoms with van der Waals surface area (Å²) in [6.45, 7) is 1.82. The summed E-state index contributed by atoms with van der Waals surface area (Å²) >= 11 is 7.32. The molecule has 0 bridgehead atoms. The van der Waals surface area contributed by atoms with Crippen molar-refractivity contribution in [1.29, 1.82) is 0 Å². The number of aryl methyl sites for hydroxylation is 1. The van der Waals surface area contributed by atoms with Crippen molar-refractivity contribution >= 4 is 39.8 Å². The highest BCUT2D eigenvalue weighted by molar-refractivity contribution is 7.17. The fraction of sp³-hybridized carbons (Fsp3) is 0.100. The van der Waals surface area contributed by atoms with E-state index >= 15 is 0 Å². The normalized spacial score (nSPS) is 10.5. The zero-order valence-corrected chi connectivity index (χ0v) is 16.1. The van der Waals surface area contributed by atoms with Crippen LogP contribution in [0.1, 0.15) is 25.6 Å². The van der Waals surface area contributed by atoms with Gasteiger partial charge in [-0.1, -0.05) is 35.9 Å². The zero-order valence-electron chi connectivity index (χ0n) is 14.5. The number of thiophene rings is 1. The van der Waals surface area contributed by atoms with Crippen molar-refractivity contribution in [1.82, 2.24) is 0 Å². The van der Waals surface area contributed by atoms with Gasteiger partial charge in [-0.3, -0.25) is 4.79 Å². The van der Waals surface area contributed by atoms with E-state index in [4.69, 9.17) is 16.3 Å². The Morgan fingerprint density at radius 2 is 1.78 bits per heavy atom. The van der Waals surface area contributed by atoms with Crippen LogP contribution < -0.4 is 5.32 Å². The molecule has 0 spiro atoms. The minimum Gasteiger partial charge on any atom is -0.465 e. The number of ether oxygens (including phenoxy) is 1. The van der Waals surface area contributed by atoms with Crippen molar-refractivity contribution in [2.75, 3.05) is 12.4 Å². The Morgan fingerprint density at radius 1 is 1.11 bits per heavy atom. The number of benzene rings is 2. The Kier molecular flexibility index (Phi) is 5.58. The predicted molar refractivity (Wildman–Crippen MR) is 105 cm³/mol. The number of anilines is 1. The predicted octanol–water partition coefficient (Wildman–Crippen LogP) is 5.55. The van der Waals surface area contributed by atoms with Crippen LogP contribution in [-0.4, -0.2) is 19.0 Å². The second kappa shape index (κ2) is 7.90. The number of halogens is 2. The molecule has 0 saturated carbocycles. The Labute approximate surface area is 164 Å². The summed E-state index contributed by atoms with van der Waals surface area (Å²) in [6, 6.07) is 12.4. The molecule has 1 N–H and O–H groups in total. The van der Waals surface area contributed by atoms with Crippen molar-refractivity contribution in [2.45, 2.75) is 6.92 Å². The smallest absolute Gasteiger partial charge is 0.341 e. The molecule has 0 aliphatic carbocycles. The van der Waals surface area contributed by atoms with Crippen LogP contribution in [0.5, 0.6) is 0 Å². The van der Waals surface area contributed by atoms with Crippen LogP contribution in [0.15, 0.2) is 48.5 Å². The molecule has 1 heterocycles. The third-order valence-electron chi connectivity index (χ3n) is 3.95. The van der Waals surface area contributed by atoms with E-state index < -0.39 is 11.9 Å². The molecule has 0 atom stereocenters. The summed E-state index contributed by atoms with van der Waals surface area (Å²) in [7, 11) is 1.27. The molecule has 0 saturated heterocycles. The van der Waals surface area contributed by atoms with Crippen LogP contribution in [0, 0.1) is 12.7 Å². The number of carbonyl (C=O) groups excluding carboxylic acids is 2. The molecular weight excluding hydrogens is 389 g/mol.